The predicted octanol–water partition coefficient (Wildman–Crippen LogP) is -2.30. The highest BCUT2D eigenvalue weighted by Gasteiger charge is 2.47. The van der Waals surface area contributed by atoms with Crippen LogP contribution in [0.4, 0.5) is 0 Å². The van der Waals surface area contributed by atoms with Crippen LogP contribution in [0.1, 0.15) is 0 Å². The van der Waals surface area contributed by atoms with E-state index in [4.69, 9.17) is 5.11 Å². The summed E-state index contributed by atoms with van der Waals surface area (Å²) in [6, 6.07) is 0. The molecular formula is C4HBO8. The molecule has 13 heavy (non-hydrogen) atoms. The third-order valence-electron chi connectivity index (χ3n) is 0.951. The smallest absolute Gasteiger partial charge is 0.473 e. The highest BCUT2D eigenvalue weighted by atomic mass is 16.8. The molecule has 0 amide bonds. The quantitative estimate of drug-likeness (QED) is 0.360. The van der Waals surface area contributed by atoms with E-state index in [1.165, 1.54) is 0 Å². The van der Waals surface area contributed by atoms with Crippen molar-refractivity contribution in [2.24, 2.45) is 0 Å². The summed E-state index contributed by atoms with van der Waals surface area (Å²) in [6.07, 6.45) is 0. The fourth-order valence-corrected chi connectivity index (χ4v) is 0.481. The fourth-order valence-electron chi connectivity index (χ4n) is 0.481. The summed E-state index contributed by atoms with van der Waals surface area (Å²) in [5.74, 6) is -6.27. The predicted molar refractivity (Wildman–Crippen MR) is 31.7 cm³/mol. The second-order valence-corrected chi connectivity index (χ2v) is 1.81. The van der Waals surface area contributed by atoms with Gasteiger partial charge in [0, 0.05) is 0 Å². The molecule has 0 atom stereocenters. The second kappa shape index (κ2) is 3.13. The number of hydrogen-bond acceptors (Lipinski definition) is 7. The lowest BCUT2D eigenvalue weighted by Gasteiger charge is -1.99. The van der Waals surface area contributed by atoms with Crippen LogP contribution in [0.5, 0.6) is 0 Å². The lowest BCUT2D eigenvalue weighted by atomic mass is 10.2. The molecule has 1 N–H and O–H groups in total. The first kappa shape index (κ1) is 9.04. The zero-order valence-electron chi connectivity index (χ0n) is 5.88. The van der Waals surface area contributed by atoms with E-state index in [9.17, 15) is 19.2 Å². The molecule has 68 valence electrons. The SMILES string of the molecule is O=C(O)C(=O)OB1OC(=O)C(=O)O1. The van der Waals surface area contributed by atoms with Gasteiger partial charge >= 0.3 is 31.2 Å². The molecule has 1 fully saturated rings. The standard InChI is InChI=1S/C4HBO8/c6-1(7)2(8)11-5-12-3(9)4(10)13-5/h(H,6,7). The third-order valence-corrected chi connectivity index (χ3v) is 0.951. The maximum Gasteiger partial charge on any atom is 0.871 e. The van der Waals surface area contributed by atoms with E-state index < -0.39 is 31.2 Å². The molecule has 0 saturated carbocycles. The second-order valence-electron chi connectivity index (χ2n) is 1.81. The van der Waals surface area contributed by atoms with Crippen LogP contribution in [0.2, 0.25) is 0 Å². The molecule has 0 radical (unpaired) electrons. The van der Waals surface area contributed by atoms with Gasteiger partial charge in [-0.25, -0.2) is 19.2 Å². The summed E-state index contributed by atoms with van der Waals surface area (Å²) in [6.45, 7) is 0. The summed E-state index contributed by atoms with van der Waals surface area (Å²) in [5.41, 5.74) is 0. The van der Waals surface area contributed by atoms with Gasteiger partial charge in [-0.3, -0.25) is 0 Å². The molecule has 0 spiro atoms. The first-order valence-electron chi connectivity index (χ1n) is 2.86. The van der Waals surface area contributed by atoms with Crippen LogP contribution >= 0.6 is 0 Å². The molecule has 1 heterocycles. The fraction of sp³-hybridized carbons (Fsp3) is 0. The van der Waals surface area contributed by atoms with Crippen LogP contribution in [-0.2, 0) is 33.1 Å². The molecule has 1 rings (SSSR count). The number of hydrogen-bond donors (Lipinski definition) is 1. The summed E-state index contributed by atoms with van der Waals surface area (Å²) >= 11 is 0. The van der Waals surface area contributed by atoms with Crippen molar-refractivity contribution in [1.82, 2.24) is 0 Å². The van der Waals surface area contributed by atoms with Crippen molar-refractivity contribution in [3.05, 3.63) is 0 Å². The van der Waals surface area contributed by atoms with E-state index in [0.29, 0.717) is 0 Å². The van der Waals surface area contributed by atoms with E-state index in [1.807, 2.05) is 0 Å². The topological polar surface area (TPSA) is 116 Å². The van der Waals surface area contributed by atoms with Crippen molar-refractivity contribution < 1.29 is 38.2 Å². The lowest BCUT2D eigenvalue weighted by Crippen LogP contribution is -2.29. The molecule has 0 aliphatic carbocycles. The first-order chi connectivity index (χ1) is 6.00. The van der Waals surface area contributed by atoms with E-state index >= 15 is 0 Å². The average molecular weight is 188 g/mol. The van der Waals surface area contributed by atoms with Gasteiger partial charge < -0.3 is 19.1 Å². The largest absolute Gasteiger partial charge is 0.871 e. The third kappa shape index (κ3) is 1.95. The number of carboxylic acids is 1. The summed E-state index contributed by atoms with van der Waals surface area (Å²) < 4.78 is 11.8. The Kier molecular flexibility index (Phi) is 2.18. The Morgan fingerprint density at radius 3 is 2.08 bits per heavy atom. The van der Waals surface area contributed by atoms with Crippen molar-refractivity contribution in [3.8, 4) is 0 Å². The Labute approximate surface area is 70.5 Å². The van der Waals surface area contributed by atoms with Crippen molar-refractivity contribution in [3.63, 3.8) is 0 Å². The molecule has 0 bridgehead atoms. The van der Waals surface area contributed by atoms with Crippen molar-refractivity contribution in [1.29, 1.82) is 0 Å². The highest BCUT2D eigenvalue weighted by molar-refractivity contribution is 6.58. The molecular weight excluding hydrogens is 187 g/mol. The van der Waals surface area contributed by atoms with E-state index in [2.05, 4.69) is 14.0 Å². The maximum absolute atomic E-state index is 10.3. The van der Waals surface area contributed by atoms with Gasteiger partial charge in [-0.05, 0) is 0 Å². The molecule has 0 aromatic carbocycles. The molecule has 8 nitrogen and oxygen atoms in total. The number of carboxylic acid groups (broad SMARTS) is 1. The zero-order chi connectivity index (χ0) is 10.0. The van der Waals surface area contributed by atoms with Crippen molar-refractivity contribution in [2.75, 3.05) is 0 Å². The van der Waals surface area contributed by atoms with Gasteiger partial charge in [-0.15, -0.1) is 0 Å². The monoisotopic (exact) mass is 188 g/mol. The molecule has 0 aromatic rings. The molecule has 1 aliphatic heterocycles. The van der Waals surface area contributed by atoms with Crippen LogP contribution in [-0.4, -0.2) is 36.3 Å². The highest BCUT2D eigenvalue weighted by Crippen LogP contribution is 2.04. The van der Waals surface area contributed by atoms with Crippen LogP contribution in [0.15, 0.2) is 0 Å². The van der Waals surface area contributed by atoms with E-state index in [-0.39, 0.29) is 0 Å². The Morgan fingerprint density at radius 1 is 1.23 bits per heavy atom. The molecule has 0 aromatic heterocycles. The van der Waals surface area contributed by atoms with Crippen molar-refractivity contribution >= 4 is 31.2 Å². The van der Waals surface area contributed by atoms with Gasteiger partial charge in [0.05, 0.1) is 0 Å². The molecule has 9 heteroatoms. The maximum atomic E-state index is 10.3. The summed E-state index contributed by atoms with van der Waals surface area (Å²) in [4.78, 5) is 40.8. The minimum atomic E-state index is -1.90. The number of carbonyl (C=O) groups excluding carboxylic acids is 3. The van der Waals surface area contributed by atoms with E-state index in [1.54, 1.807) is 0 Å². The number of carbonyl (C=O) groups is 4. The minimum Gasteiger partial charge on any atom is -0.473 e. The Balaban J connectivity index is 2.49. The van der Waals surface area contributed by atoms with Crippen LogP contribution in [0.25, 0.3) is 0 Å². The Morgan fingerprint density at radius 2 is 1.69 bits per heavy atom. The van der Waals surface area contributed by atoms with Crippen LogP contribution in [0, 0.1) is 0 Å². The van der Waals surface area contributed by atoms with Gasteiger partial charge in [0.15, 0.2) is 0 Å². The van der Waals surface area contributed by atoms with Gasteiger partial charge in [-0.1, -0.05) is 0 Å². The molecule has 0 unspecified atom stereocenters. The van der Waals surface area contributed by atoms with Gasteiger partial charge in [0.2, 0.25) is 0 Å². The van der Waals surface area contributed by atoms with Crippen molar-refractivity contribution in [2.45, 2.75) is 0 Å². The summed E-state index contributed by atoms with van der Waals surface area (Å²) in [7, 11) is -1.90. The Bertz CT molecular complexity index is 279. The first-order valence-corrected chi connectivity index (χ1v) is 2.86. The van der Waals surface area contributed by atoms with Gasteiger partial charge in [0.25, 0.3) is 0 Å². The molecule has 1 aliphatic rings. The summed E-state index contributed by atoms with van der Waals surface area (Å²) in [5, 5.41) is 8.02. The average Bonchev–Trinajstić information content (AvgIpc) is 2.31. The minimum absolute atomic E-state index is 1.34. The Hall–Kier alpha value is -2.06. The van der Waals surface area contributed by atoms with Gasteiger partial charge in [-0.2, -0.15) is 0 Å². The zero-order valence-corrected chi connectivity index (χ0v) is 5.88. The molecule has 1 saturated heterocycles. The van der Waals surface area contributed by atoms with Crippen LogP contribution in [0.3, 0.4) is 0 Å². The lowest BCUT2D eigenvalue weighted by molar-refractivity contribution is -0.159. The van der Waals surface area contributed by atoms with Crippen LogP contribution < -0.4 is 0 Å². The van der Waals surface area contributed by atoms with Gasteiger partial charge in [0.1, 0.15) is 0 Å². The van der Waals surface area contributed by atoms with E-state index in [0.717, 1.165) is 0 Å². The number of rotatable bonds is 1. The normalized spacial score (nSPS) is 14.9. The number of aliphatic carboxylic acids is 1.